The number of pyridine rings is 2. The molecule has 0 unspecified atom stereocenters. The summed E-state index contributed by atoms with van der Waals surface area (Å²) in [5.74, 6) is 2.20. The van der Waals surface area contributed by atoms with E-state index in [-0.39, 0.29) is 6.04 Å². The summed E-state index contributed by atoms with van der Waals surface area (Å²) in [7, 11) is 1.61. The largest absolute Gasteiger partial charge is 0.493 e. The van der Waals surface area contributed by atoms with Gasteiger partial charge in [-0.3, -0.25) is 4.57 Å². The van der Waals surface area contributed by atoms with Gasteiger partial charge in [-0.2, -0.15) is 5.10 Å². The summed E-state index contributed by atoms with van der Waals surface area (Å²) in [6.07, 6.45) is 7.09. The molecule has 1 aromatic carbocycles. The molecule has 0 saturated carbocycles. The molecule has 0 saturated heterocycles. The number of benzene rings is 1. The highest BCUT2D eigenvalue weighted by Gasteiger charge is 2.24. The molecule has 9 heteroatoms. The molecule has 1 aliphatic carbocycles. The van der Waals surface area contributed by atoms with Crippen molar-refractivity contribution in [3.8, 4) is 28.6 Å². The molecule has 0 aliphatic heterocycles. The van der Waals surface area contributed by atoms with Gasteiger partial charge in [0.15, 0.2) is 23.0 Å². The fourth-order valence-electron chi connectivity index (χ4n) is 4.49. The van der Waals surface area contributed by atoms with Crippen LogP contribution in [-0.4, -0.2) is 36.4 Å². The maximum Gasteiger partial charge on any atom is 0.198 e. The Morgan fingerprint density at radius 1 is 1.09 bits per heavy atom. The number of methoxy groups -OCH3 is 1. The van der Waals surface area contributed by atoms with Crippen LogP contribution in [0.1, 0.15) is 23.6 Å². The molecule has 0 radical (unpaired) electrons. The van der Waals surface area contributed by atoms with Crippen molar-refractivity contribution in [3.63, 3.8) is 0 Å². The second kappa shape index (κ2) is 7.42. The first-order valence-corrected chi connectivity index (χ1v) is 10.7. The van der Waals surface area contributed by atoms with Crippen molar-refractivity contribution in [1.82, 2.24) is 29.3 Å². The van der Waals surface area contributed by atoms with Crippen LogP contribution in [-0.2, 0) is 6.42 Å². The fourth-order valence-corrected chi connectivity index (χ4v) is 4.49. The van der Waals surface area contributed by atoms with Gasteiger partial charge in [0.2, 0.25) is 0 Å². The minimum Gasteiger partial charge on any atom is -0.493 e. The molecule has 0 fully saturated rings. The lowest BCUT2D eigenvalue weighted by Gasteiger charge is -2.13. The van der Waals surface area contributed by atoms with E-state index in [0.717, 1.165) is 24.1 Å². The molecule has 33 heavy (non-hydrogen) atoms. The Labute approximate surface area is 189 Å². The predicted molar refractivity (Wildman–Crippen MR) is 125 cm³/mol. The van der Waals surface area contributed by atoms with E-state index in [9.17, 15) is 0 Å². The zero-order valence-electron chi connectivity index (χ0n) is 18.0. The zero-order valence-corrected chi connectivity index (χ0v) is 18.0. The van der Waals surface area contributed by atoms with Crippen molar-refractivity contribution >= 4 is 17.0 Å². The van der Waals surface area contributed by atoms with Crippen molar-refractivity contribution in [2.24, 2.45) is 5.73 Å². The van der Waals surface area contributed by atoms with Gasteiger partial charge in [-0.1, -0.05) is 6.07 Å². The van der Waals surface area contributed by atoms with Crippen LogP contribution < -0.4 is 16.2 Å². The first-order valence-electron chi connectivity index (χ1n) is 10.7. The second-order valence-corrected chi connectivity index (χ2v) is 8.04. The lowest BCUT2D eigenvalue weighted by Crippen LogP contribution is -2.07. The van der Waals surface area contributed by atoms with Crippen LogP contribution in [0.15, 0.2) is 61.1 Å². The van der Waals surface area contributed by atoms with Crippen LogP contribution in [0.2, 0.25) is 0 Å². The first-order chi connectivity index (χ1) is 16.1. The summed E-state index contributed by atoms with van der Waals surface area (Å²) in [6, 6.07) is 13.9. The number of hydrogen-bond acceptors (Lipinski definition) is 7. The van der Waals surface area contributed by atoms with Crippen LogP contribution in [0.25, 0.3) is 34.1 Å². The van der Waals surface area contributed by atoms with Gasteiger partial charge in [-0.15, -0.1) is 0 Å². The van der Waals surface area contributed by atoms with Gasteiger partial charge >= 0.3 is 0 Å². The van der Waals surface area contributed by atoms with E-state index in [1.165, 1.54) is 11.1 Å². The fraction of sp³-hybridized carbons (Fsp3) is 0.167. The number of fused-ring (bicyclic) bond motifs is 2. The molecule has 1 aliphatic rings. The number of imidazole rings is 1. The van der Waals surface area contributed by atoms with Crippen molar-refractivity contribution < 1.29 is 4.74 Å². The number of aryl methyl sites for hydroxylation is 1. The maximum absolute atomic E-state index is 6.27. The molecule has 1 atom stereocenters. The monoisotopic (exact) mass is 438 g/mol. The van der Waals surface area contributed by atoms with Crippen molar-refractivity contribution in [2.45, 2.75) is 18.9 Å². The smallest absolute Gasteiger partial charge is 0.198 e. The Morgan fingerprint density at radius 2 is 2.00 bits per heavy atom. The molecule has 5 aromatic rings. The van der Waals surface area contributed by atoms with Crippen LogP contribution in [0.4, 0.5) is 5.82 Å². The quantitative estimate of drug-likeness (QED) is 0.442. The average molecular weight is 438 g/mol. The third-order valence-corrected chi connectivity index (χ3v) is 6.11. The predicted octanol–water partition coefficient (Wildman–Crippen LogP) is 3.21. The Hall–Kier alpha value is -4.24. The molecular weight excluding hydrogens is 416 g/mol. The van der Waals surface area contributed by atoms with Crippen molar-refractivity contribution in [3.05, 3.63) is 72.2 Å². The van der Waals surface area contributed by atoms with Crippen LogP contribution >= 0.6 is 0 Å². The highest BCUT2D eigenvalue weighted by molar-refractivity contribution is 5.84. The van der Waals surface area contributed by atoms with Gasteiger partial charge < -0.3 is 16.2 Å². The van der Waals surface area contributed by atoms with Gasteiger partial charge in [0.05, 0.1) is 12.7 Å². The van der Waals surface area contributed by atoms with Crippen molar-refractivity contribution in [1.29, 1.82) is 0 Å². The van der Waals surface area contributed by atoms with E-state index in [1.54, 1.807) is 24.2 Å². The normalized spacial score (nSPS) is 15.2. The summed E-state index contributed by atoms with van der Waals surface area (Å²) in [5, 5.41) is 4.34. The number of nitrogens with two attached hydrogens (primary N) is 2. The van der Waals surface area contributed by atoms with E-state index >= 15 is 0 Å². The van der Waals surface area contributed by atoms with Gasteiger partial charge in [-0.05, 0) is 54.3 Å². The Bertz CT molecular complexity index is 1490. The molecule has 0 spiro atoms. The van der Waals surface area contributed by atoms with Gasteiger partial charge in [-0.25, -0.2) is 19.6 Å². The van der Waals surface area contributed by atoms with Gasteiger partial charge in [0.1, 0.15) is 11.3 Å². The van der Waals surface area contributed by atoms with E-state index in [0.29, 0.717) is 34.4 Å². The lowest BCUT2D eigenvalue weighted by molar-refractivity contribution is 0.410. The van der Waals surface area contributed by atoms with E-state index < -0.39 is 0 Å². The summed E-state index contributed by atoms with van der Waals surface area (Å²) >= 11 is 0. The molecule has 0 amide bonds. The molecule has 164 valence electrons. The molecule has 4 heterocycles. The average Bonchev–Trinajstić information content (AvgIpc) is 3.57. The van der Waals surface area contributed by atoms with E-state index in [4.69, 9.17) is 26.2 Å². The molecule has 4 aromatic heterocycles. The maximum atomic E-state index is 6.27. The summed E-state index contributed by atoms with van der Waals surface area (Å²) in [5.41, 5.74) is 18.0. The first kappa shape index (κ1) is 19.4. The van der Waals surface area contributed by atoms with E-state index in [2.05, 4.69) is 28.3 Å². The van der Waals surface area contributed by atoms with Crippen LogP contribution in [0, 0.1) is 0 Å². The number of hydrogen-bond donors (Lipinski definition) is 2. The SMILES string of the molecule is COc1cc2nc(-c3cccnc3N)n(-c3ccc4c(c3)CC[C@@H]4N)c2nc1-n1cccn1. The molecule has 9 nitrogen and oxygen atoms in total. The lowest BCUT2D eigenvalue weighted by atomic mass is 10.1. The van der Waals surface area contributed by atoms with Gasteiger partial charge in [0, 0.05) is 36.4 Å². The summed E-state index contributed by atoms with van der Waals surface area (Å²) in [4.78, 5) is 14.1. The number of anilines is 1. The zero-order chi connectivity index (χ0) is 22.5. The number of aromatic nitrogens is 6. The highest BCUT2D eigenvalue weighted by Crippen LogP contribution is 2.36. The standard InChI is InChI=1S/C24H22N8O/c1-33-20-13-19-23(30-24(20)31-11-3-10-28-31)32(22(29-19)17-4-2-9-27-21(17)26)15-6-7-16-14(12-15)5-8-18(16)25/h2-4,6-7,9-13,18H,5,8,25H2,1H3,(H2,26,27)/t18-/m0/s1. The number of nitrogen functional groups attached to an aromatic ring is 1. The molecular formula is C24H22N8O. The Balaban J connectivity index is 1.67. The third kappa shape index (κ3) is 3.05. The minimum absolute atomic E-state index is 0.0795. The van der Waals surface area contributed by atoms with Gasteiger partial charge in [0.25, 0.3) is 0 Å². The number of ether oxygens (including phenoxy) is 1. The molecule has 0 bridgehead atoms. The summed E-state index contributed by atoms with van der Waals surface area (Å²) < 4.78 is 9.30. The summed E-state index contributed by atoms with van der Waals surface area (Å²) in [6.45, 7) is 0. The highest BCUT2D eigenvalue weighted by atomic mass is 16.5. The van der Waals surface area contributed by atoms with Crippen LogP contribution in [0.5, 0.6) is 5.75 Å². The number of rotatable bonds is 4. The van der Waals surface area contributed by atoms with E-state index in [1.807, 2.05) is 35.0 Å². The Morgan fingerprint density at radius 3 is 2.79 bits per heavy atom. The number of nitrogens with zero attached hydrogens (tertiary/aromatic N) is 6. The van der Waals surface area contributed by atoms with Crippen molar-refractivity contribution in [2.75, 3.05) is 12.8 Å². The topological polar surface area (TPSA) is 123 Å². The van der Waals surface area contributed by atoms with Crippen LogP contribution in [0.3, 0.4) is 0 Å². The molecule has 4 N–H and O–H groups in total. The molecule has 6 rings (SSSR count). The minimum atomic E-state index is 0.0795. The second-order valence-electron chi connectivity index (χ2n) is 8.04. The Kier molecular flexibility index (Phi) is 4.37. The third-order valence-electron chi connectivity index (χ3n) is 6.11.